The van der Waals surface area contributed by atoms with Crippen LogP contribution in [0, 0.1) is 0 Å². The standard InChI is InChI=1S/C56H98O6/c1-4-7-10-13-16-19-21-23-25-27-28-29-31-32-34-37-40-43-46-49-55(58)61-52-53(51-60-54(57)48-45-42-39-36-18-15-12-9-6-3)62-56(59)50-47-44-41-38-35-33-30-26-24-22-20-17-14-11-8-5-2/h8,11,16-17,19-21,23-24,26,53H,4-7,9-10,12-15,18,22,25,27-52H2,1-3H3/b11-8-,19-16-,20-17-,23-21-,26-24-. The summed E-state index contributed by atoms with van der Waals surface area (Å²) in [7, 11) is 0. The topological polar surface area (TPSA) is 78.9 Å². The van der Waals surface area contributed by atoms with Gasteiger partial charge in [-0.15, -0.1) is 0 Å². The lowest BCUT2D eigenvalue weighted by atomic mass is 10.1. The molecule has 6 heteroatoms. The second-order valence-electron chi connectivity index (χ2n) is 17.4. The molecule has 0 heterocycles. The molecule has 0 rings (SSSR count). The summed E-state index contributed by atoms with van der Waals surface area (Å²) < 4.78 is 16.8. The Morgan fingerprint density at radius 2 is 0.677 bits per heavy atom. The molecule has 0 aliphatic rings. The van der Waals surface area contributed by atoms with Crippen molar-refractivity contribution in [1.82, 2.24) is 0 Å². The van der Waals surface area contributed by atoms with Gasteiger partial charge in [-0.05, 0) is 77.0 Å². The molecule has 0 saturated carbocycles. The van der Waals surface area contributed by atoms with Gasteiger partial charge in [-0.2, -0.15) is 0 Å². The number of ether oxygens (including phenoxy) is 3. The SMILES string of the molecule is CC/C=C\C/C=C\C/C=C\CCCCCCCCC(=O)OC(COC(=O)CCCCCCCCCCC)COC(=O)CCCCCCCCCCCC/C=C\C=C/CCCCC. The minimum atomic E-state index is -0.779. The molecule has 0 aromatic rings. The maximum absolute atomic E-state index is 12.8. The summed E-state index contributed by atoms with van der Waals surface area (Å²) in [5, 5.41) is 0. The highest BCUT2D eigenvalue weighted by molar-refractivity contribution is 5.71. The van der Waals surface area contributed by atoms with E-state index in [2.05, 4.69) is 81.5 Å². The largest absolute Gasteiger partial charge is 0.462 e. The molecule has 0 aliphatic carbocycles. The summed E-state index contributed by atoms with van der Waals surface area (Å²) in [5.41, 5.74) is 0. The van der Waals surface area contributed by atoms with E-state index in [0.717, 1.165) is 89.9 Å². The van der Waals surface area contributed by atoms with E-state index in [-0.39, 0.29) is 31.1 Å². The third kappa shape index (κ3) is 48.1. The van der Waals surface area contributed by atoms with E-state index in [1.54, 1.807) is 0 Å². The van der Waals surface area contributed by atoms with Crippen molar-refractivity contribution in [2.24, 2.45) is 0 Å². The van der Waals surface area contributed by atoms with Gasteiger partial charge in [0.05, 0.1) is 0 Å². The number of carbonyl (C=O) groups excluding carboxylic acids is 3. The first-order chi connectivity index (χ1) is 30.5. The highest BCUT2D eigenvalue weighted by Crippen LogP contribution is 2.15. The number of esters is 3. The number of carbonyl (C=O) groups is 3. The van der Waals surface area contributed by atoms with Crippen molar-refractivity contribution in [3.63, 3.8) is 0 Å². The minimum absolute atomic E-state index is 0.0791. The van der Waals surface area contributed by atoms with Gasteiger partial charge in [0.25, 0.3) is 0 Å². The number of rotatable bonds is 47. The van der Waals surface area contributed by atoms with Crippen LogP contribution in [-0.4, -0.2) is 37.2 Å². The monoisotopic (exact) mass is 867 g/mol. The quantitative estimate of drug-likeness (QED) is 0.0199. The molecule has 0 bridgehead atoms. The van der Waals surface area contributed by atoms with E-state index in [4.69, 9.17) is 14.2 Å². The lowest BCUT2D eigenvalue weighted by Gasteiger charge is -2.18. The van der Waals surface area contributed by atoms with Crippen LogP contribution in [0.5, 0.6) is 0 Å². The van der Waals surface area contributed by atoms with Crippen molar-refractivity contribution in [3.8, 4) is 0 Å². The summed E-state index contributed by atoms with van der Waals surface area (Å²) >= 11 is 0. The van der Waals surface area contributed by atoms with Crippen LogP contribution in [0.4, 0.5) is 0 Å². The molecular formula is C56H98O6. The van der Waals surface area contributed by atoms with Crippen LogP contribution >= 0.6 is 0 Å². The summed E-state index contributed by atoms with van der Waals surface area (Å²) in [5.74, 6) is -0.893. The van der Waals surface area contributed by atoms with Crippen molar-refractivity contribution in [2.75, 3.05) is 13.2 Å². The van der Waals surface area contributed by atoms with Gasteiger partial charge in [0.1, 0.15) is 13.2 Å². The molecule has 358 valence electrons. The molecule has 0 aromatic heterocycles. The minimum Gasteiger partial charge on any atom is -0.462 e. The third-order valence-electron chi connectivity index (χ3n) is 11.3. The fourth-order valence-electron chi connectivity index (χ4n) is 7.33. The highest BCUT2D eigenvalue weighted by Gasteiger charge is 2.19. The Bertz CT molecular complexity index is 1130. The van der Waals surface area contributed by atoms with Gasteiger partial charge in [0.15, 0.2) is 6.10 Å². The average molecular weight is 867 g/mol. The molecule has 1 unspecified atom stereocenters. The van der Waals surface area contributed by atoms with Gasteiger partial charge in [-0.3, -0.25) is 14.4 Å². The molecule has 0 spiro atoms. The number of unbranched alkanes of at least 4 members (excludes halogenated alkanes) is 27. The van der Waals surface area contributed by atoms with E-state index >= 15 is 0 Å². The Hall–Kier alpha value is -2.89. The highest BCUT2D eigenvalue weighted by atomic mass is 16.6. The van der Waals surface area contributed by atoms with Crippen LogP contribution in [0.3, 0.4) is 0 Å². The van der Waals surface area contributed by atoms with Gasteiger partial charge in [-0.1, -0.05) is 223 Å². The fourth-order valence-corrected chi connectivity index (χ4v) is 7.33. The van der Waals surface area contributed by atoms with Crippen molar-refractivity contribution < 1.29 is 28.6 Å². The van der Waals surface area contributed by atoms with Crippen molar-refractivity contribution in [1.29, 1.82) is 0 Å². The van der Waals surface area contributed by atoms with Crippen LogP contribution in [0.15, 0.2) is 60.8 Å². The Kier molecular flexibility index (Phi) is 48.4. The normalized spacial score (nSPS) is 12.5. The summed E-state index contributed by atoms with van der Waals surface area (Å²) in [6, 6.07) is 0. The Morgan fingerprint density at radius 3 is 1.11 bits per heavy atom. The van der Waals surface area contributed by atoms with Gasteiger partial charge >= 0.3 is 17.9 Å². The number of allylic oxidation sites excluding steroid dienone is 10. The molecule has 0 aliphatic heterocycles. The smallest absolute Gasteiger partial charge is 0.306 e. The molecule has 0 saturated heterocycles. The Labute approximate surface area is 383 Å². The second-order valence-corrected chi connectivity index (χ2v) is 17.4. The van der Waals surface area contributed by atoms with Gasteiger partial charge in [0.2, 0.25) is 0 Å². The van der Waals surface area contributed by atoms with Crippen molar-refractivity contribution in [2.45, 2.75) is 264 Å². The first-order valence-electron chi connectivity index (χ1n) is 26.3. The maximum Gasteiger partial charge on any atom is 0.306 e. The van der Waals surface area contributed by atoms with Crippen LogP contribution in [0.1, 0.15) is 258 Å². The molecule has 0 radical (unpaired) electrons. The van der Waals surface area contributed by atoms with Crippen LogP contribution < -0.4 is 0 Å². The lowest BCUT2D eigenvalue weighted by Crippen LogP contribution is -2.30. The van der Waals surface area contributed by atoms with E-state index < -0.39 is 6.10 Å². The summed E-state index contributed by atoms with van der Waals surface area (Å²) in [4.78, 5) is 37.9. The summed E-state index contributed by atoms with van der Waals surface area (Å²) in [6.07, 6.45) is 62.1. The number of hydrogen-bond acceptors (Lipinski definition) is 6. The lowest BCUT2D eigenvalue weighted by molar-refractivity contribution is -0.167. The zero-order valence-electron chi connectivity index (χ0n) is 40.9. The third-order valence-corrected chi connectivity index (χ3v) is 11.3. The molecular weight excluding hydrogens is 769 g/mol. The fraction of sp³-hybridized carbons (Fsp3) is 0.768. The molecule has 62 heavy (non-hydrogen) atoms. The predicted molar refractivity (Wildman–Crippen MR) is 265 cm³/mol. The maximum atomic E-state index is 12.8. The summed E-state index contributed by atoms with van der Waals surface area (Å²) in [6.45, 7) is 6.48. The zero-order valence-corrected chi connectivity index (χ0v) is 40.9. The molecule has 0 amide bonds. The van der Waals surface area contributed by atoms with E-state index in [9.17, 15) is 14.4 Å². The van der Waals surface area contributed by atoms with Crippen molar-refractivity contribution >= 4 is 17.9 Å². The number of hydrogen-bond donors (Lipinski definition) is 0. The molecule has 6 nitrogen and oxygen atoms in total. The zero-order chi connectivity index (χ0) is 45.1. The predicted octanol–water partition coefficient (Wildman–Crippen LogP) is 17.3. The average Bonchev–Trinajstić information content (AvgIpc) is 3.27. The molecule has 0 N–H and O–H groups in total. The van der Waals surface area contributed by atoms with Crippen LogP contribution in [0.2, 0.25) is 0 Å². The molecule has 0 fully saturated rings. The van der Waals surface area contributed by atoms with Gasteiger partial charge in [-0.25, -0.2) is 0 Å². The second kappa shape index (κ2) is 50.8. The first kappa shape index (κ1) is 59.1. The van der Waals surface area contributed by atoms with E-state index in [0.29, 0.717) is 19.3 Å². The van der Waals surface area contributed by atoms with Crippen molar-refractivity contribution in [3.05, 3.63) is 60.8 Å². The van der Waals surface area contributed by atoms with Crippen LogP contribution in [-0.2, 0) is 28.6 Å². The van der Waals surface area contributed by atoms with Gasteiger partial charge < -0.3 is 14.2 Å². The van der Waals surface area contributed by atoms with E-state index in [1.807, 2.05) is 0 Å². The van der Waals surface area contributed by atoms with E-state index in [1.165, 1.54) is 128 Å². The molecule has 1 atom stereocenters. The van der Waals surface area contributed by atoms with Crippen LogP contribution in [0.25, 0.3) is 0 Å². The van der Waals surface area contributed by atoms with Gasteiger partial charge in [0, 0.05) is 19.3 Å². The first-order valence-corrected chi connectivity index (χ1v) is 26.3. The molecule has 0 aromatic carbocycles. The Balaban J connectivity index is 4.31. The Morgan fingerprint density at radius 1 is 0.355 bits per heavy atom.